The first-order valence-corrected chi connectivity index (χ1v) is 12.5. The van der Waals surface area contributed by atoms with E-state index < -0.39 is 45.3 Å². The van der Waals surface area contributed by atoms with Crippen LogP contribution in [0.3, 0.4) is 0 Å². The number of pyridine rings is 1. The number of halogens is 6. The number of sulfonamides is 1. The summed E-state index contributed by atoms with van der Waals surface area (Å²) in [5.41, 5.74) is 0.811. The molecular formula is C23H20F6N4O3S. The molecule has 14 heteroatoms. The van der Waals surface area contributed by atoms with Crippen LogP contribution in [0, 0.1) is 24.1 Å². The van der Waals surface area contributed by atoms with Crippen molar-refractivity contribution in [3.8, 4) is 23.2 Å². The van der Waals surface area contributed by atoms with Crippen LogP contribution in [-0.4, -0.2) is 36.8 Å². The first kappa shape index (κ1) is 26.7. The number of nitrogens with zero attached hydrogens (tertiary/aromatic N) is 3. The molecule has 7 nitrogen and oxygen atoms in total. The molecule has 0 bridgehead atoms. The third-order valence-electron chi connectivity index (χ3n) is 6.24. The second kappa shape index (κ2) is 9.53. The van der Waals surface area contributed by atoms with Gasteiger partial charge >= 0.3 is 12.8 Å². The van der Waals surface area contributed by atoms with Crippen LogP contribution in [0.1, 0.15) is 43.4 Å². The third-order valence-corrected chi connectivity index (χ3v) is 7.74. The summed E-state index contributed by atoms with van der Waals surface area (Å²) in [6.07, 6.45) is -1.74. The van der Waals surface area contributed by atoms with E-state index in [9.17, 15) is 40.0 Å². The summed E-state index contributed by atoms with van der Waals surface area (Å²) in [6, 6.07) is 2.58. The molecule has 0 aliphatic heterocycles. The molecule has 0 saturated heterocycles. The maximum absolute atomic E-state index is 14.5. The lowest BCUT2D eigenvalue weighted by atomic mass is 9.92. The molecule has 3 aromatic rings. The van der Waals surface area contributed by atoms with Crippen molar-refractivity contribution >= 4 is 20.9 Å². The van der Waals surface area contributed by atoms with Crippen LogP contribution >= 0.6 is 0 Å². The highest BCUT2D eigenvalue weighted by atomic mass is 32.2. The molecule has 198 valence electrons. The van der Waals surface area contributed by atoms with Crippen molar-refractivity contribution in [2.75, 3.05) is 0 Å². The van der Waals surface area contributed by atoms with Gasteiger partial charge in [-0.05, 0) is 50.8 Å². The first-order chi connectivity index (χ1) is 17.2. The van der Waals surface area contributed by atoms with E-state index in [2.05, 4.69) is 9.72 Å². The normalized spacial score (nSPS) is 15.6. The number of aromatic nitrogens is 2. The Morgan fingerprint density at radius 2 is 1.92 bits per heavy atom. The number of alkyl halides is 5. The molecule has 1 unspecified atom stereocenters. The molecular weight excluding hydrogens is 526 g/mol. The highest BCUT2D eigenvalue weighted by Gasteiger charge is 2.39. The second-order valence-corrected chi connectivity index (χ2v) is 10.4. The van der Waals surface area contributed by atoms with Crippen molar-refractivity contribution in [1.29, 1.82) is 5.26 Å². The zero-order valence-electron chi connectivity index (χ0n) is 19.4. The largest absolute Gasteiger partial charge is 0.432 e. The smallest absolute Gasteiger partial charge is 0.404 e. The molecule has 0 spiro atoms. The number of ether oxygens (including phenoxy) is 1. The standard InChI is InChI=1S/C23H20F6N4O3S/c1-11-6-14(37(34,35)32-12(2)23(27,28)29)10-31-20(11)21-16(9-30)15-7-17(24)19(36-22(25)26)8-18(15)33(21)13-4-3-5-13/h6-8,10,12-13,22,32H,3-5H2,1-2H3. The number of hydrogen-bond donors (Lipinski definition) is 1. The van der Waals surface area contributed by atoms with Gasteiger partial charge in [-0.3, -0.25) is 4.98 Å². The van der Waals surface area contributed by atoms with E-state index in [4.69, 9.17) is 0 Å². The van der Waals surface area contributed by atoms with Crippen LogP contribution in [0.15, 0.2) is 29.3 Å². The minimum Gasteiger partial charge on any atom is -0.432 e. The minimum atomic E-state index is -4.80. The summed E-state index contributed by atoms with van der Waals surface area (Å²) in [7, 11) is -4.59. The first-order valence-electron chi connectivity index (χ1n) is 11.0. The number of hydrogen-bond acceptors (Lipinski definition) is 5. The van der Waals surface area contributed by atoms with Gasteiger partial charge < -0.3 is 9.30 Å². The summed E-state index contributed by atoms with van der Waals surface area (Å²) >= 11 is 0. The van der Waals surface area contributed by atoms with E-state index in [1.165, 1.54) is 6.92 Å². The lowest BCUT2D eigenvalue weighted by molar-refractivity contribution is -0.147. The third kappa shape index (κ3) is 4.97. The van der Waals surface area contributed by atoms with Crippen LogP contribution in [0.2, 0.25) is 0 Å². The maximum Gasteiger partial charge on any atom is 0.404 e. The summed E-state index contributed by atoms with van der Waals surface area (Å²) in [6.45, 7) is -1.15. The summed E-state index contributed by atoms with van der Waals surface area (Å²) < 4.78 is 111. The lowest BCUT2D eigenvalue weighted by Crippen LogP contribution is -2.43. The Hall–Kier alpha value is -3.31. The Labute approximate surface area is 207 Å². The predicted molar refractivity (Wildman–Crippen MR) is 120 cm³/mol. The van der Waals surface area contributed by atoms with Gasteiger partial charge in [-0.1, -0.05) is 0 Å². The van der Waals surface area contributed by atoms with Crippen molar-refractivity contribution in [3.63, 3.8) is 0 Å². The van der Waals surface area contributed by atoms with Gasteiger partial charge in [0.05, 0.1) is 22.5 Å². The van der Waals surface area contributed by atoms with E-state index in [0.717, 1.165) is 30.8 Å². The lowest BCUT2D eigenvalue weighted by Gasteiger charge is -2.30. The molecule has 0 amide bonds. The fourth-order valence-corrected chi connectivity index (χ4v) is 5.44. The second-order valence-electron chi connectivity index (χ2n) is 8.69. The van der Waals surface area contributed by atoms with Crippen molar-refractivity contribution in [2.24, 2.45) is 0 Å². The Morgan fingerprint density at radius 3 is 2.43 bits per heavy atom. The SMILES string of the molecule is Cc1cc(S(=O)(=O)NC(C)C(F)(F)F)cnc1-c1c(C#N)c2cc(F)c(OC(F)F)cc2n1C1CCC1. The summed E-state index contributed by atoms with van der Waals surface area (Å²) in [5, 5.41) is 10.1. The van der Waals surface area contributed by atoms with E-state index >= 15 is 0 Å². The summed E-state index contributed by atoms with van der Waals surface area (Å²) in [4.78, 5) is 3.65. The van der Waals surface area contributed by atoms with Crippen molar-refractivity contribution in [1.82, 2.24) is 14.3 Å². The molecule has 2 heterocycles. The monoisotopic (exact) mass is 546 g/mol. The predicted octanol–water partition coefficient (Wildman–Crippen LogP) is 5.58. The fourth-order valence-electron chi connectivity index (χ4n) is 4.18. The number of fused-ring (bicyclic) bond motifs is 1. The molecule has 1 aliphatic carbocycles. The van der Waals surface area contributed by atoms with Crippen LogP contribution < -0.4 is 9.46 Å². The van der Waals surface area contributed by atoms with Gasteiger partial charge in [0.1, 0.15) is 17.0 Å². The Morgan fingerprint density at radius 1 is 1.24 bits per heavy atom. The van der Waals surface area contributed by atoms with Crippen LogP contribution in [0.25, 0.3) is 22.3 Å². The van der Waals surface area contributed by atoms with Crippen molar-refractivity contribution in [2.45, 2.75) is 62.9 Å². The fraction of sp³-hybridized carbons (Fsp3) is 0.391. The molecule has 1 aliphatic rings. The topological polar surface area (TPSA) is 97.0 Å². The van der Waals surface area contributed by atoms with Crippen LogP contribution in [0.4, 0.5) is 26.3 Å². The Bertz CT molecular complexity index is 1510. The molecule has 1 saturated carbocycles. The molecule has 1 fully saturated rings. The maximum atomic E-state index is 14.5. The van der Waals surface area contributed by atoms with Gasteiger partial charge in [-0.15, -0.1) is 0 Å². The highest BCUT2D eigenvalue weighted by Crippen LogP contribution is 2.44. The zero-order valence-corrected chi connectivity index (χ0v) is 20.2. The van der Waals surface area contributed by atoms with E-state index in [1.807, 2.05) is 6.07 Å². The Balaban J connectivity index is 1.89. The van der Waals surface area contributed by atoms with E-state index in [1.54, 1.807) is 9.29 Å². The number of nitrogens with one attached hydrogen (secondary N) is 1. The van der Waals surface area contributed by atoms with Gasteiger partial charge in [0.25, 0.3) is 0 Å². The highest BCUT2D eigenvalue weighted by molar-refractivity contribution is 7.89. The molecule has 37 heavy (non-hydrogen) atoms. The molecule has 1 N–H and O–H groups in total. The van der Waals surface area contributed by atoms with Crippen molar-refractivity contribution < 1.29 is 39.5 Å². The van der Waals surface area contributed by atoms with Gasteiger partial charge in [-0.25, -0.2) is 12.8 Å². The van der Waals surface area contributed by atoms with E-state index in [0.29, 0.717) is 19.8 Å². The minimum absolute atomic E-state index is 0.0144. The van der Waals surface area contributed by atoms with Gasteiger partial charge in [0.15, 0.2) is 11.6 Å². The zero-order chi connectivity index (χ0) is 27.3. The Kier molecular flexibility index (Phi) is 6.89. The molecule has 4 rings (SSSR count). The van der Waals surface area contributed by atoms with E-state index in [-0.39, 0.29) is 39.5 Å². The number of nitriles is 1. The average Bonchev–Trinajstić information content (AvgIpc) is 3.04. The van der Waals surface area contributed by atoms with Crippen LogP contribution in [0.5, 0.6) is 5.75 Å². The van der Waals surface area contributed by atoms with Crippen LogP contribution in [-0.2, 0) is 10.0 Å². The molecule has 2 aromatic heterocycles. The molecule has 1 aromatic carbocycles. The summed E-state index contributed by atoms with van der Waals surface area (Å²) in [5.74, 6) is -1.80. The molecule has 0 radical (unpaired) electrons. The number of aryl methyl sites for hydroxylation is 1. The van der Waals surface area contributed by atoms with Gasteiger partial charge in [0, 0.05) is 23.7 Å². The quantitative estimate of drug-likeness (QED) is 0.391. The van der Waals surface area contributed by atoms with Gasteiger partial charge in [-0.2, -0.15) is 31.9 Å². The number of benzene rings is 1. The van der Waals surface area contributed by atoms with Gasteiger partial charge in [0.2, 0.25) is 10.0 Å². The molecule has 1 atom stereocenters. The van der Waals surface area contributed by atoms with Crippen molar-refractivity contribution in [3.05, 3.63) is 41.3 Å². The number of rotatable bonds is 7. The average molecular weight is 546 g/mol.